The standard InChI is InChI=1S/C9H20N2O3S/c1-11(2)15(13,14)10-6-8-4-3-5-9(8)7-12/h8-10,12H,3-7H2,1-2H3. The first kappa shape index (κ1) is 12.9. The number of hydrogen-bond donors (Lipinski definition) is 2. The zero-order chi connectivity index (χ0) is 11.5. The summed E-state index contributed by atoms with van der Waals surface area (Å²) < 4.78 is 26.6. The molecule has 0 aliphatic heterocycles. The van der Waals surface area contributed by atoms with Gasteiger partial charge >= 0.3 is 0 Å². The summed E-state index contributed by atoms with van der Waals surface area (Å²) in [5, 5.41) is 9.09. The first-order valence-corrected chi connectivity index (χ1v) is 6.69. The average Bonchev–Trinajstić information content (AvgIpc) is 2.61. The SMILES string of the molecule is CN(C)S(=O)(=O)NCC1CCCC1CO. The Balaban J connectivity index is 2.43. The number of rotatable bonds is 5. The van der Waals surface area contributed by atoms with Crippen molar-refractivity contribution in [2.75, 3.05) is 27.2 Å². The Hall–Kier alpha value is -0.170. The van der Waals surface area contributed by atoms with Gasteiger partial charge in [0.1, 0.15) is 0 Å². The summed E-state index contributed by atoms with van der Waals surface area (Å²) in [6, 6.07) is 0. The van der Waals surface area contributed by atoms with Crippen molar-refractivity contribution < 1.29 is 13.5 Å². The van der Waals surface area contributed by atoms with Crippen LogP contribution in [0, 0.1) is 11.8 Å². The molecule has 0 spiro atoms. The van der Waals surface area contributed by atoms with Crippen LogP contribution in [-0.4, -0.2) is 45.1 Å². The van der Waals surface area contributed by atoms with Gasteiger partial charge in [0.25, 0.3) is 10.2 Å². The lowest BCUT2D eigenvalue weighted by Gasteiger charge is -2.19. The summed E-state index contributed by atoms with van der Waals surface area (Å²) in [4.78, 5) is 0. The molecule has 6 heteroatoms. The quantitative estimate of drug-likeness (QED) is 0.694. The van der Waals surface area contributed by atoms with Gasteiger partial charge in [0, 0.05) is 27.2 Å². The zero-order valence-electron chi connectivity index (χ0n) is 9.31. The van der Waals surface area contributed by atoms with Crippen LogP contribution in [-0.2, 0) is 10.2 Å². The van der Waals surface area contributed by atoms with Crippen LogP contribution in [0.2, 0.25) is 0 Å². The number of nitrogens with one attached hydrogen (secondary N) is 1. The maximum absolute atomic E-state index is 11.4. The Labute approximate surface area is 91.7 Å². The highest BCUT2D eigenvalue weighted by atomic mass is 32.2. The largest absolute Gasteiger partial charge is 0.396 e. The molecule has 1 rings (SSSR count). The van der Waals surface area contributed by atoms with Gasteiger partial charge < -0.3 is 5.11 Å². The topological polar surface area (TPSA) is 69.6 Å². The van der Waals surface area contributed by atoms with Gasteiger partial charge in [0.2, 0.25) is 0 Å². The van der Waals surface area contributed by atoms with E-state index in [1.807, 2.05) is 0 Å². The molecule has 2 N–H and O–H groups in total. The van der Waals surface area contributed by atoms with E-state index in [0.717, 1.165) is 23.6 Å². The molecular weight excluding hydrogens is 216 g/mol. The van der Waals surface area contributed by atoms with Crippen LogP contribution in [0.5, 0.6) is 0 Å². The molecule has 2 unspecified atom stereocenters. The molecule has 2 atom stereocenters. The third-order valence-corrected chi connectivity index (χ3v) is 4.55. The van der Waals surface area contributed by atoms with Gasteiger partial charge in [0.15, 0.2) is 0 Å². The molecule has 90 valence electrons. The number of aliphatic hydroxyl groups is 1. The Bertz CT molecular complexity index is 290. The van der Waals surface area contributed by atoms with E-state index in [9.17, 15) is 8.42 Å². The molecule has 1 aliphatic carbocycles. The molecule has 0 aromatic heterocycles. The maximum atomic E-state index is 11.4. The van der Waals surface area contributed by atoms with Crippen molar-refractivity contribution in [2.45, 2.75) is 19.3 Å². The molecule has 1 saturated carbocycles. The van der Waals surface area contributed by atoms with Gasteiger partial charge in [0.05, 0.1) is 0 Å². The fourth-order valence-corrected chi connectivity index (χ4v) is 2.65. The van der Waals surface area contributed by atoms with Gasteiger partial charge in [-0.1, -0.05) is 6.42 Å². The van der Waals surface area contributed by atoms with Crippen molar-refractivity contribution in [3.05, 3.63) is 0 Å². The van der Waals surface area contributed by atoms with Crippen LogP contribution in [0.25, 0.3) is 0 Å². The lowest BCUT2D eigenvalue weighted by molar-refractivity contribution is 0.195. The van der Waals surface area contributed by atoms with E-state index in [-0.39, 0.29) is 18.4 Å². The number of hydrogen-bond acceptors (Lipinski definition) is 3. The monoisotopic (exact) mass is 236 g/mol. The lowest BCUT2D eigenvalue weighted by Crippen LogP contribution is -2.39. The summed E-state index contributed by atoms with van der Waals surface area (Å²) in [6.45, 7) is 0.597. The maximum Gasteiger partial charge on any atom is 0.278 e. The van der Waals surface area contributed by atoms with Gasteiger partial charge in [-0.15, -0.1) is 0 Å². The zero-order valence-corrected chi connectivity index (χ0v) is 10.1. The highest BCUT2D eigenvalue weighted by Gasteiger charge is 2.27. The number of aliphatic hydroxyl groups excluding tert-OH is 1. The Kier molecular flexibility index (Phi) is 4.51. The third-order valence-electron chi connectivity index (χ3n) is 3.06. The first-order valence-electron chi connectivity index (χ1n) is 5.25. The Morgan fingerprint density at radius 3 is 2.47 bits per heavy atom. The summed E-state index contributed by atoms with van der Waals surface area (Å²) in [6.07, 6.45) is 3.09. The van der Waals surface area contributed by atoms with Crippen LogP contribution < -0.4 is 4.72 Å². The van der Waals surface area contributed by atoms with Crippen LogP contribution in [0.15, 0.2) is 0 Å². The van der Waals surface area contributed by atoms with Crippen molar-refractivity contribution in [1.29, 1.82) is 0 Å². The molecule has 0 amide bonds. The minimum Gasteiger partial charge on any atom is -0.396 e. The second kappa shape index (κ2) is 5.25. The van der Waals surface area contributed by atoms with E-state index in [0.29, 0.717) is 6.54 Å². The highest BCUT2D eigenvalue weighted by Crippen LogP contribution is 2.30. The smallest absolute Gasteiger partial charge is 0.278 e. The second-order valence-corrected chi connectivity index (χ2v) is 6.24. The fourth-order valence-electron chi connectivity index (χ4n) is 1.96. The molecule has 0 aromatic carbocycles. The summed E-state index contributed by atoms with van der Waals surface area (Å²) in [7, 11) is -0.315. The molecular formula is C9H20N2O3S. The molecule has 0 heterocycles. The van der Waals surface area contributed by atoms with Crippen LogP contribution in [0.3, 0.4) is 0 Å². The molecule has 1 aliphatic rings. The number of nitrogens with zero attached hydrogens (tertiary/aromatic N) is 1. The van der Waals surface area contributed by atoms with Gasteiger partial charge in [-0.3, -0.25) is 0 Å². The highest BCUT2D eigenvalue weighted by molar-refractivity contribution is 7.87. The van der Waals surface area contributed by atoms with Crippen molar-refractivity contribution in [3.8, 4) is 0 Å². The van der Waals surface area contributed by atoms with Crippen LogP contribution in [0.1, 0.15) is 19.3 Å². The molecule has 5 nitrogen and oxygen atoms in total. The van der Waals surface area contributed by atoms with Gasteiger partial charge in [-0.05, 0) is 24.7 Å². The van der Waals surface area contributed by atoms with Gasteiger partial charge in [-0.2, -0.15) is 12.7 Å². The third kappa shape index (κ3) is 3.41. The Morgan fingerprint density at radius 2 is 1.93 bits per heavy atom. The fraction of sp³-hybridized carbons (Fsp3) is 1.00. The summed E-state index contributed by atoms with van der Waals surface area (Å²) in [5.41, 5.74) is 0. The van der Waals surface area contributed by atoms with Crippen molar-refractivity contribution in [1.82, 2.24) is 9.03 Å². The molecule has 0 saturated heterocycles. The van der Waals surface area contributed by atoms with E-state index in [1.54, 1.807) is 0 Å². The van der Waals surface area contributed by atoms with Gasteiger partial charge in [-0.25, -0.2) is 4.72 Å². The van der Waals surface area contributed by atoms with Crippen molar-refractivity contribution >= 4 is 10.2 Å². The van der Waals surface area contributed by atoms with E-state index >= 15 is 0 Å². The molecule has 0 bridgehead atoms. The summed E-state index contributed by atoms with van der Waals surface area (Å²) >= 11 is 0. The minimum absolute atomic E-state index is 0.161. The van der Waals surface area contributed by atoms with E-state index < -0.39 is 10.2 Å². The van der Waals surface area contributed by atoms with Crippen molar-refractivity contribution in [2.24, 2.45) is 11.8 Å². The minimum atomic E-state index is -3.32. The molecule has 1 fully saturated rings. The van der Waals surface area contributed by atoms with E-state index in [2.05, 4.69) is 4.72 Å². The normalized spacial score (nSPS) is 27.5. The van der Waals surface area contributed by atoms with Crippen molar-refractivity contribution in [3.63, 3.8) is 0 Å². The predicted octanol–water partition coefficient (Wildman–Crippen LogP) is -0.209. The summed E-state index contributed by atoms with van der Waals surface area (Å²) in [5.74, 6) is 0.541. The predicted molar refractivity (Wildman–Crippen MR) is 58.5 cm³/mol. The van der Waals surface area contributed by atoms with E-state index in [4.69, 9.17) is 5.11 Å². The van der Waals surface area contributed by atoms with E-state index in [1.165, 1.54) is 14.1 Å². The average molecular weight is 236 g/mol. The first-order chi connectivity index (χ1) is 6.97. The lowest BCUT2D eigenvalue weighted by atomic mass is 9.97. The van der Waals surface area contributed by atoms with Crippen LogP contribution >= 0.6 is 0 Å². The second-order valence-electron chi connectivity index (χ2n) is 4.27. The Morgan fingerprint density at radius 1 is 1.33 bits per heavy atom. The molecule has 15 heavy (non-hydrogen) atoms. The molecule has 0 aromatic rings. The molecule has 0 radical (unpaired) electrons. The van der Waals surface area contributed by atoms with Crippen LogP contribution in [0.4, 0.5) is 0 Å².